The van der Waals surface area contributed by atoms with Crippen molar-refractivity contribution in [2.24, 2.45) is 0 Å². The second-order valence-corrected chi connectivity index (χ2v) is 11.3. The fourth-order valence-electron chi connectivity index (χ4n) is 4.33. The molecule has 1 atom stereocenters. The molecule has 0 aliphatic carbocycles. The summed E-state index contributed by atoms with van der Waals surface area (Å²) in [4.78, 5) is 46.7. The highest BCUT2D eigenvalue weighted by molar-refractivity contribution is 8.01. The third kappa shape index (κ3) is 11.3. The van der Waals surface area contributed by atoms with Crippen molar-refractivity contribution in [1.29, 1.82) is 0 Å². The highest BCUT2D eigenvalue weighted by Gasteiger charge is 2.36. The molecule has 0 fully saturated rings. The van der Waals surface area contributed by atoms with Crippen LogP contribution in [0.2, 0.25) is 0 Å². The Labute approximate surface area is 240 Å². The van der Waals surface area contributed by atoms with E-state index in [1.807, 2.05) is 6.08 Å². The number of carboxylic acid groups (broad SMARTS) is 1. The molecular weight excluding hydrogens is 532 g/mol. The molecule has 40 heavy (non-hydrogen) atoms. The Morgan fingerprint density at radius 3 is 2.23 bits per heavy atom. The third-order valence-corrected chi connectivity index (χ3v) is 7.88. The predicted octanol–water partition coefficient (Wildman–Crippen LogP) is 7.05. The summed E-state index contributed by atoms with van der Waals surface area (Å²) in [5.41, 5.74) is -0.323. The monoisotopic (exact) mass is 574 g/mol. The molecule has 2 rings (SSSR count). The molecule has 0 radical (unpaired) electrons. The maximum Gasteiger partial charge on any atom is 0.374 e. The zero-order valence-electron chi connectivity index (χ0n) is 23.6. The predicted molar refractivity (Wildman–Crippen MR) is 157 cm³/mol. The summed E-state index contributed by atoms with van der Waals surface area (Å²) in [6.45, 7) is 2.22. The molecule has 0 aliphatic rings. The van der Waals surface area contributed by atoms with Crippen LogP contribution in [0.15, 0.2) is 50.5 Å². The lowest BCUT2D eigenvalue weighted by atomic mass is 10.0. The average Bonchev–Trinajstić information content (AvgIpc) is 2.93. The lowest BCUT2D eigenvalue weighted by Crippen LogP contribution is -2.34. The number of rotatable bonds is 20. The number of hydrogen-bond acceptors (Lipinski definition) is 8. The number of methoxy groups -OCH3 is 1. The molecule has 1 heterocycles. The molecule has 8 nitrogen and oxygen atoms in total. The number of esters is 1. The quantitative estimate of drug-likeness (QED) is 0.0561. The molecule has 1 aromatic carbocycles. The number of carboxylic acids is 1. The first-order valence-electron chi connectivity index (χ1n) is 14.2. The van der Waals surface area contributed by atoms with Crippen LogP contribution in [0.3, 0.4) is 0 Å². The van der Waals surface area contributed by atoms with Crippen molar-refractivity contribution in [2.75, 3.05) is 7.11 Å². The topological polar surface area (TPSA) is 131 Å². The zero-order chi connectivity index (χ0) is 29.4. The first-order valence-corrected chi connectivity index (χ1v) is 15.0. The highest BCUT2D eigenvalue weighted by Crippen LogP contribution is 2.37. The molecule has 2 aromatic rings. The number of allylic oxidation sites excluding steroid dienone is 1. The van der Waals surface area contributed by atoms with E-state index < -0.39 is 28.1 Å². The third-order valence-electron chi connectivity index (χ3n) is 6.66. The van der Waals surface area contributed by atoms with E-state index >= 15 is 0 Å². The van der Waals surface area contributed by atoms with Crippen molar-refractivity contribution in [3.05, 3.63) is 52.4 Å². The zero-order valence-corrected chi connectivity index (χ0v) is 24.4. The molecule has 0 bridgehead atoms. The Balaban J connectivity index is 2.00. The van der Waals surface area contributed by atoms with E-state index in [9.17, 15) is 24.3 Å². The van der Waals surface area contributed by atoms with Gasteiger partial charge in [-0.2, -0.15) is 0 Å². The van der Waals surface area contributed by atoms with E-state index in [-0.39, 0.29) is 36.0 Å². The molecule has 1 aromatic heterocycles. The van der Waals surface area contributed by atoms with Crippen LogP contribution in [-0.2, 0) is 14.3 Å². The number of ketones is 1. The van der Waals surface area contributed by atoms with Gasteiger partial charge in [0.25, 0.3) is 0 Å². The first kappa shape index (κ1) is 33.3. The van der Waals surface area contributed by atoms with Gasteiger partial charge >= 0.3 is 11.9 Å². The van der Waals surface area contributed by atoms with Gasteiger partial charge in [-0.15, -0.1) is 0 Å². The van der Waals surface area contributed by atoms with Gasteiger partial charge in [-0.05, 0) is 31.0 Å². The van der Waals surface area contributed by atoms with Gasteiger partial charge in [-0.1, -0.05) is 88.6 Å². The number of carbonyl (C=O) groups is 3. The normalized spacial score (nSPS) is 13.0. The van der Waals surface area contributed by atoms with Crippen molar-refractivity contribution < 1.29 is 33.8 Å². The molecule has 0 saturated heterocycles. The van der Waals surface area contributed by atoms with Gasteiger partial charge in [0, 0.05) is 23.8 Å². The lowest BCUT2D eigenvalue weighted by Gasteiger charge is -2.25. The fraction of sp³-hybridized carbons (Fsp3) is 0.548. The van der Waals surface area contributed by atoms with E-state index in [4.69, 9.17) is 9.52 Å². The SMILES string of the molecule is CCCCCCCCCCCCC=CC[C@](O)(Sc1ccc2c(=O)cc(C(=O)OC)oc2c1)C(=O)CCC(=O)O. The number of Topliss-reactive ketones (excluding diaryl/α,β-unsaturated/α-hetero) is 1. The number of benzene rings is 1. The van der Waals surface area contributed by atoms with Crippen molar-refractivity contribution in [3.8, 4) is 0 Å². The Hall–Kier alpha value is -2.91. The van der Waals surface area contributed by atoms with Crippen LogP contribution in [0.25, 0.3) is 11.0 Å². The summed E-state index contributed by atoms with van der Waals surface area (Å²) < 4.78 is 10.2. The van der Waals surface area contributed by atoms with E-state index in [1.165, 1.54) is 70.6 Å². The number of carbonyl (C=O) groups excluding carboxylic acids is 2. The van der Waals surface area contributed by atoms with Gasteiger partial charge in [0.15, 0.2) is 16.1 Å². The fourth-order valence-corrected chi connectivity index (χ4v) is 5.42. The maximum atomic E-state index is 12.9. The molecule has 0 unspecified atom stereocenters. The van der Waals surface area contributed by atoms with Crippen LogP contribution in [0.5, 0.6) is 0 Å². The van der Waals surface area contributed by atoms with Gasteiger partial charge in [-0.25, -0.2) is 4.79 Å². The van der Waals surface area contributed by atoms with Crippen LogP contribution < -0.4 is 5.43 Å². The van der Waals surface area contributed by atoms with E-state index in [2.05, 4.69) is 11.7 Å². The van der Waals surface area contributed by atoms with Crippen molar-refractivity contribution in [1.82, 2.24) is 0 Å². The number of fused-ring (bicyclic) bond motifs is 1. The smallest absolute Gasteiger partial charge is 0.374 e. The maximum absolute atomic E-state index is 12.9. The summed E-state index contributed by atoms with van der Waals surface area (Å²) in [7, 11) is 1.17. The molecule has 0 spiro atoms. The van der Waals surface area contributed by atoms with Gasteiger partial charge in [-0.3, -0.25) is 14.4 Å². The van der Waals surface area contributed by atoms with Crippen molar-refractivity contribution >= 4 is 40.5 Å². The minimum atomic E-state index is -1.91. The van der Waals surface area contributed by atoms with Gasteiger partial charge in [0.1, 0.15) is 5.58 Å². The summed E-state index contributed by atoms with van der Waals surface area (Å²) in [6, 6.07) is 5.58. The Kier molecular flexibility index (Phi) is 14.7. The molecule has 9 heteroatoms. The second kappa shape index (κ2) is 17.7. The number of aliphatic carboxylic acids is 1. The first-order chi connectivity index (χ1) is 19.2. The standard InChI is InChI=1S/C31H42O8S/c1-3-4-5-6-7-8-9-10-11-12-13-14-15-20-31(37,28(33)18-19-29(34)35)40-23-16-17-24-25(32)22-27(30(36)38-2)39-26(24)21-23/h14-17,21-22,37H,3-13,18-20H2,1-2H3,(H,34,35)/t31-/m0/s1. The average molecular weight is 575 g/mol. The second-order valence-electron chi connectivity index (χ2n) is 9.97. The molecule has 0 aliphatic heterocycles. The van der Waals surface area contributed by atoms with Gasteiger partial charge in [0.2, 0.25) is 5.76 Å². The summed E-state index contributed by atoms with van der Waals surface area (Å²) in [6.07, 6.45) is 16.3. The molecular formula is C31H42O8S. The minimum absolute atomic E-state index is 0.00192. The van der Waals surface area contributed by atoms with Crippen LogP contribution in [0.4, 0.5) is 0 Å². The number of unbranched alkanes of at least 4 members (excludes halogenated alkanes) is 10. The summed E-state index contributed by atoms with van der Waals surface area (Å²) in [5, 5.41) is 20.6. The van der Waals surface area contributed by atoms with Crippen molar-refractivity contribution in [3.63, 3.8) is 0 Å². The molecule has 2 N–H and O–H groups in total. The molecule has 0 amide bonds. The molecule has 0 saturated carbocycles. The number of aliphatic hydroxyl groups is 1. The number of hydrogen-bond donors (Lipinski definition) is 2. The Morgan fingerprint density at radius 1 is 0.950 bits per heavy atom. The van der Waals surface area contributed by atoms with Crippen LogP contribution >= 0.6 is 11.8 Å². The van der Waals surface area contributed by atoms with E-state index in [1.54, 1.807) is 12.1 Å². The highest BCUT2D eigenvalue weighted by atomic mass is 32.2. The van der Waals surface area contributed by atoms with Crippen LogP contribution in [-0.4, -0.2) is 40.0 Å². The van der Waals surface area contributed by atoms with E-state index in [0.29, 0.717) is 4.90 Å². The minimum Gasteiger partial charge on any atom is -0.481 e. The number of thioether (sulfide) groups is 1. The van der Waals surface area contributed by atoms with Gasteiger partial charge < -0.3 is 19.4 Å². The summed E-state index contributed by atoms with van der Waals surface area (Å²) in [5.74, 6) is -2.79. The van der Waals surface area contributed by atoms with Crippen LogP contribution in [0.1, 0.15) is 107 Å². The molecule has 220 valence electrons. The van der Waals surface area contributed by atoms with Gasteiger partial charge in [0.05, 0.1) is 18.9 Å². The Bertz CT molecular complexity index is 1200. The van der Waals surface area contributed by atoms with Crippen molar-refractivity contribution in [2.45, 2.75) is 107 Å². The largest absolute Gasteiger partial charge is 0.481 e. The Morgan fingerprint density at radius 2 is 1.60 bits per heavy atom. The summed E-state index contributed by atoms with van der Waals surface area (Å²) >= 11 is 0.859. The lowest BCUT2D eigenvalue weighted by molar-refractivity contribution is -0.140. The number of ether oxygens (including phenoxy) is 1. The van der Waals surface area contributed by atoms with E-state index in [0.717, 1.165) is 37.1 Å². The van der Waals surface area contributed by atoms with Crippen LogP contribution in [0, 0.1) is 0 Å².